The highest BCUT2D eigenvalue weighted by Crippen LogP contribution is 2.29. The van der Waals surface area contributed by atoms with Crippen molar-refractivity contribution in [3.05, 3.63) is 11.1 Å². The smallest absolute Gasteiger partial charge is 0.305 e. The average molecular weight is 268 g/mol. The number of aromatic nitrogens is 1. The maximum absolute atomic E-state index is 11.1. The van der Waals surface area contributed by atoms with Crippen LogP contribution in [0.4, 0.5) is 5.13 Å². The third-order valence-electron chi connectivity index (χ3n) is 3.54. The highest BCUT2D eigenvalue weighted by atomic mass is 32.1. The van der Waals surface area contributed by atoms with Crippen molar-refractivity contribution in [2.45, 2.75) is 45.1 Å². The number of aryl methyl sites for hydroxylation is 1. The van der Waals surface area contributed by atoms with Crippen LogP contribution in [0.25, 0.3) is 0 Å². The zero-order valence-corrected chi connectivity index (χ0v) is 11.8. The number of rotatable bonds is 5. The van der Waals surface area contributed by atoms with Crippen LogP contribution in [0.3, 0.4) is 0 Å². The number of nitrogens with one attached hydrogen (secondary N) is 1. The summed E-state index contributed by atoms with van der Waals surface area (Å²) in [5.41, 5.74) is 0.971. The van der Waals surface area contributed by atoms with Crippen LogP contribution >= 0.6 is 11.3 Å². The molecule has 0 aromatic carbocycles. The molecule has 2 rings (SSSR count). The molecule has 1 aromatic heterocycles. The van der Waals surface area contributed by atoms with Gasteiger partial charge in [-0.1, -0.05) is 13.3 Å². The Bertz CT molecular complexity index is 405. The number of thiazole rings is 1. The van der Waals surface area contributed by atoms with E-state index in [-0.39, 0.29) is 5.97 Å². The quantitative estimate of drug-likeness (QED) is 0.834. The molecule has 1 heterocycles. The van der Waals surface area contributed by atoms with Gasteiger partial charge in [-0.2, -0.15) is 0 Å². The van der Waals surface area contributed by atoms with Crippen LogP contribution in [-0.4, -0.2) is 24.1 Å². The predicted octanol–water partition coefficient (Wildman–Crippen LogP) is 2.85. The van der Waals surface area contributed by atoms with E-state index in [1.807, 2.05) is 5.38 Å². The normalized spacial score (nSPS) is 23.0. The molecule has 100 valence electrons. The Hall–Kier alpha value is -1.10. The summed E-state index contributed by atoms with van der Waals surface area (Å²) in [6, 6.07) is 0.560. The van der Waals surface area contributed by atoms with E-state index in [1.165, 1.54) is 26.4 Å². The molecule has 0 aliphatic heterocycles. The fourth-order valence-corrected chi connectivity index (χ4v) is 3.15. The van der Waals surface area contributed by atoms with Gasteiger partial charge in [0, 0.05) is 17.8 Å². The van der Waals surface area contributed by atoms with Crippen LogP contribution in [0.5, 0.6) is 0 Å². The number of hydrogen-bond donors (Lipinski definition) is 1. The van der Waals surface area contributed by atoms with Crippen molar-refractivity contribution in [3.63, 3.8) is 0 Å². The molecule has 2 unspecified atom stereocenters. The minimum Gasteiger partial charge on any atom is -0.469 e. The number of ether oxygens (including phenoxy) is 1. The fourth-order valence-electron chi connectivity index (χ4n) is 2.34. The Balaban J connectivity index is 1.84. The minimum atomic E-state index is -0.179. The predicted molar refractivity (Wildman–Crippen MR) is 72.9 cm³/mol. The standard InChI is InChI=1S/C13H20N2O2S/c1-9-4-3-5-11(9)15-13-14-10(8-18-13)6-7-12(16)17-2/h8-9,11H,3-7H2,1-2H3,(H,14,15). The van der Waals surface area contributed by atoms with Crippen molar-refractivity contribution >= 4 is 22.4 Å². The lowest BCUT2D eigenvalue weighted by Gasteiger charge is -2.15. The molecular weight excluding hydrogens is 248 g/mol. The summed E-state index contributed by atoms with van der Waals surface area (Å²) in [5, 5.41) is 6.50. The highest BCUT2D eigenvalue weighted by molar-refractivity contribution is 7.13. The molecule has 1 aliphatic rings. The molecule has 0 saturated heterocycles. The van der Waals surface area contributed by atoms with Crippen LogP contribution < -0.4 is 5.32 Å². The first-order valence-corrected chi connectivity index (χ1v) is 7.34. The van der Waals surface area contributed by atoms with Crippen molar-refractivity contribution in [2.24, 2.45) is 5.92 Å². The molecule has 0 bridgehead atoms. The molecule has 2 atom stereocenters. The number of anilines is 1. The van der Waals surface area contributed by atoms with Crippen molar-refractivity contribution < 1.29 is 9.53 Å². The molecule has 5 heteroatoms. The summed E-state index contributed by atoms with van der Waals surface area (Å²) >= 11 is 1.62. The van der Waals surface area contributed by atoms with Crippen molar-refractivity contribution in [2.75, 3.05) is 12.4 Å². The van der Waals surface area contributed by atoms with E-state index in [2.05, 4.69) is 22.0 Å². The Morgan fingerprint density at radius 3 is 3.11 bits per heavy atom. The van der Waals surface area contributed by atoms with Gasteiger partial charge in [0.05, 0.1) is 19.2 Å². The monoisotopic (exact) mass is 268 g/mol. The van der Waals surface area contributed by atoms with Crippen molar-refractivity contribution in [3.8, 4) is 0 Å². The number of esters is 1. The molecule has 1 fully saturated rings. The van der Waals surface area contributed by atoms with Crippen LogP contribution in [0.15, 0.2) is 5.38 Å². The summed E-state index contributed by atoms with van der Waals surface area (Å²) in [6.07, 6.45) is 4.90. The SMILES string of the molecule is COC(=O)CCc1csc(NC2CCCC2C)n1. The topological polar surface area (TPSA) is 51.2 Å². The molecule has 1 aromatic rings. The molecule has 1 N–H and O–H groups in total. The van der Waals surface area contributed by atoms with Gasteiger partial charge in [0.1, 0.15) is 0 Å². The lowest BCUT2D eigenvalue weighted by Crippen LogP contribution is -2.21. The molecule has 1 saturated carbocycles. The Morgan fingerprint density at radius 1 is 1.61 bits per heavy atom. The van der Waals surface area contributed by atoms with Gasteiger partial charge in [-0.05, 0) is 18.8 Å². The molecule has 18 heavy (non-hydrogen) atoms. The third-order valence-corrected chi connectivity index (χ3v) is 4.36. The second-order valence-electron chi connectivity index (χ2n) is 4.88. The second kappa shape index (κ2) is 6.18. The maximum Gasteiger partial charge on any atom is 0.305 e. The minimum absolute atomic E-state index is 0.179. The third kappa shape index (κ3) is 3.45. The van der Waals surface area contributed by atoms with E-state index >= 15 is 0 Å². The number of hydrogen-bond acceptors (Lipinski definition) is 5. The van der Waals surface area contributed by atoms with Gasteiger partial charge >= 0.3 is 5.97 Å². The molecule has 1 aliphatic carbocycles. The number of methoxy groups -OCH3 is 1. The van der Waals surface area contributed by atoms with Gasteiger partial charge in [-0.15, -0.1) is 11.3 Å². The summed E-state index contributed by atoms with van der Waals surface area (Å²) in [6.45, 7) is 2.29. The Kier molecular flexibility index (Phi) is 4.58. The largest absolute Gasteiger partial charge is 0.469 e. The number of nitrogens with zero attached hydrogens (tertiary/aromatic N) is 1. The van der Waals surface area contributed by atoms with Gasteiger partial charge in [0.2, 0.25) is 0 Å². The van der Waals surface area contributed by atoms with E-state index in [1.54, 1.807) is 11.3 Å². The second-order valence-corrected chi connectivity index (χ2v) is 5.74. The van der Waals surface area contributed by atoms with Gasteiger partial charge in [-0.3, -0.25) is 4.79 Å². The molecule has 0 amide bonds. The molecule has 0 radical (unpaired) electrons. The van der Waals surface area contributed by atoms with Crippen molar-refractivity contribution in [1.29, 1.82) is 0 Å². The lowest BCUT2D eigenvalue weighted by molar-refractivity contribution is -0.140. The molecule has 4 nitrogen and oxygen atoms in total. The first-order chi connectivity index (χ1) is 8.69. The van der Waals surface area contributed by atoms with E-state index in [9.17, 15) is 4.79 Å². The van der Waals surface area contributed by atoms with Crippen LogP contribution in [-0.2, 0) is 16.0 Å². The van der Waals surface area contributed by atoms with E-state index in [0.29, 0.717) is 18.9 Å². The first-order valence-electron chi connectivity index (χ1n) is 6.47. The van der Waals surface area contributed by atoms with Gasteiger partial charge < -0.3 is 10.1 Å². The molecule has 0 spiro atoms. The van der Waals surface area contributed by atoms with Crippen LogP contribution in [0, 0.1) is 5.92 Å². The van der Waals surface area contributed by atoms with E-state index in [0.717, 1.165) is 16.7 Å². The van der Waals surface area contributed by atoms with Crippen LogP contribution in [0.1, 0.15) is 38.3 Å². The Morgan fingerprint density at radius 2 is 2.44 bits per heavy atom. The molecular formula is C13H20N2O2S. The zero-order chi connectivity index (χ0) is 13.0. The van der Waals surface area contributed by atoms with E-state index in [4.69, 9.17) is 0 Å². The first kappa shape index (κ1) is 13.3. The van der Waals surface area contributed by atoms with E-state index < -0.39 is 0 Å². The van der Waals surface area contributed by atoms with Gasteiger partial charge in [0.15, 0.2) is 5.13 Å². The summed E-state index contributed by atoms with van der Waals surface area (Å²) < 4.78 is 4.62. The lowest BCUT2D eigenvalue weighted by atomic mass is 10.1. The average Bonchev–Trinajstić information content (AvgIpc) is 2.97. The number of carbonyl (C=O) groups is 1. The zero-order valence-electron chi connectivity index (χ0n) is 10.9. The highest BCUT2D eigenvalue weighted by Gasteiger charge is 2.23. The summed E-state index contributed by atoms with van der Waals surface area (Å²) in [7, 11) is 1.41. The maximum atomic E-state index is 11.1. The summed E-state index contributed by atoms with van der Waals surface area (Å²) in [4.78, 5) is 15.6. The Labute approximate surface area is 112 Å². The number of carbonyl (C=O) groups excluding carboxylic acids is 1. The summed E-state index contributed by atoms with van der Waals surface area (Å²) in [5.74, 6) is 0.550. The fraction of sp³-hybridized carbons (Fsp3) is 0.692. The van der Waals surface area contributed by atoms with Crippen LogP contribution in [0.2, 0.25) is 0 Å². The van der Waals surface area contributed by atoms with Gasteiger partial charge in [0.25, 0.3) is 0 Å². The van der Waals surface area contributed by atoms with Crippen molar-refractivity contribution in [1.82, 2.24) is 4.98 Å². The van der Waals surface area contributed by atoms with Gasteiger partial charge in [-0.25, -0.2) is 4.98 Å².